The van der Waals surface area contributed by atoms with E-state index in [9.17, 15) is 19.1 Å². The Bertz CT molecular complexity index is 1100. The predicted octanol–water partition coefficient (Wildman–Crippen LogP) is 3.85. The van der Waals surface area contributed by atoms with Gasteiger partial charge in [-0.1, -0.05) is 30.3 Å². The fraction of sp³-hybridized carbons (Fsp3) is 0.174. The Morgan fingerprint density at radius 2 is 1.68 bits per heavy atom. The van der Waals surface area contributed by atoms with E-state index in [1.165, 1.54) is 38.5 Å². The number of carboxylic acid groups (broad SMARTS) is 1. The van der Waals surface area contributed by atoms with Crippen molar-refractivity contribution >= 4 is 11.9 Å². The number of hydrogen-bond acceptors (Lipinski definition) is 5. The van der Waals surface area contributed by atoms with Gasteiger partial charge in [0.2, 0.25) is 0 Å². The van der Waals surface area contributed by atoms with Crippen LogP contribution in [0, 0.1) is 5.82 Å². The predicted molar refractivity (Wildman–Crippen MR) is 112 cm³/mol. The number of nitrogens with one attached hydrogen (secondary N) is 1. The lowest BCUT2D eigenvalue weighted by atomic mass is 10.0. The molecule has 7 nitrogen and oxygen atoms in total. The maximum Gasteiger partial charge on any atom is 0.305 e. The fourth-order valence-electron chi connectivity index (χ4n) is 3.17. The Labute approximate surface area is 178 Å². The van der Waals surface area contributed by atoms with Crippen molar-refractivity contribution in [3.05, 3.63) is 77.7 Å². The maximum atomic E-state index is 14.2. The molecule has 2 aromatic carbocycles. The number of amides is 1. The molecule has 1 aromatic heterocycles. The number of aliphatic carboxylic acids is 1. The smallest absolute Gasteiger partial charge is 0.305 e. The molecule has 0 saturated carbocycles. The zero-order valence-corrected chi connectivity index (χ0v) is 17.0. The summed E-state index contributed by atoms with van der Waals surface area (Å²) in [5, 5.41) is 11.8. The highest BCUT2D eigenvalue weighted by Crippen LogP contribution is 2.34. The van der Waals surface area contributed by atoms with E-state index >= 15 is 0 Å². The summed E-state index contributed by atoms with van der Waals surface area (Å²) in [6, 6.07) is 14.8. The number of carbonyl (C=O) groups excluding carboxylic acids is 1. The second-order valence-electron chi connectivity index (χ2n) is 6.59. The number of hydrogen-bond donors (Lipinski definition) is 2. The maximum absolute atomic E-state index is 14.2. The molecule has 0 saturated heterocycles. The lowest BCUT2D eigenvalue weighted by Gasteiger charge is -2.18. The van der Waals surface area contributed by atoms with Gasteiger partial charge in [0.15, 0.2) is 0 Å². The number of pyridine rings is 1. The Morgan fingerprint density at radius 1 is 1.00 bits per heavy atom. The van der Waals surface area contributed by atoms with Crippen molar-refractivity contribution in [2.24, 2.45) is 0 Å². The third kappa shape index (κ3) is 4.98. The first-order chi connectivity index (χ1) is 14.9. The first-order valence-electron chi connectivity index (χ1n) is 9.40. The molecule has 31 heavy (non-hydrogen) atoms. The van der Waals surface area contributed by atoms with Gasteiger partial charge < -0.3 is 19.9 Å². The van der Waals surface area contributed by atoms with Gasteiger partial charge in [0.1, 0.15) is 28.7 Å². The lowest BCUT2D eigenvalue weighted by Crippen LogP contribution is -2.31. The van der Waals surface area contributed by atoms with Gasteiger partial charge in [-0.25, -0.2) is 9.37 Å². The molecule has 0 aliphatic carbocycles. The monoisotopic (exact) mass is 424 g/mol. The third-order valence-corrected chi connectivity index (χ3v) is 4.64. The van der Waals surface area contributed by atoms with Crippen LogP contribution < -0.4 is 14.8 Å². The molecule has 3 rings (SSSR count). The first-order valence-corrected chi connectivity index (χ1v) is 9.40. The van der Waals surface area contributed by atoms with E-state index in [1.54, 1.807) is 36.4 Å². The number of para-hydroxylation sites is 1. The Balaban J connectivity index is 1.97. The minimum atomic E-state index is -1.18. The number of rotatable bonds is 8. The molecule has 0 aliphatic rings. The first kappa shape index (κ1) is 21.8. The number of carbonyl (C=O) groups is 2. The van der Waals surface area contributed by atoms with Gasteiger partial charge >= 0.3 is 5.97 Å². The summed E-state index contributed by atoms with van der Waals surface area (Å²) in [7, 11) is 3.00. The highest BCUT2D eigenvalue weighted by atomic mass is 19.1. The molecule has 1 amide bonds. The minimum Gasteiger partial charge on any atom is -0.496 e. The molecule has 0 unspecified atom stereocenters. The van der Waals surface area contributed by atoms with Crippen LogP contribution in [0.25, 0.3) is 11.3 Å². The zero-order chi connectivity index (χ0) is 22.4. The zero-order valence-electron chi connectivity index (χ0n) is 17.0. The largest absolute Gasteiger partial charge is 0.496 e. The SMILES string of the molecule is COc1ccccc1-c1nc(C(=O)N[C@@H](CC(=O)O)c2ccccc2F)ccc1OC. The number of carboxylic acids is 1. The molecule has 0 radical (unpaired) electrons. The highest BCUT2D eigenvalue weighted by Gasteiger charge is 2.23. The van der Waals surface area contributed by atoms with Crippen molar-refractivity contribution in [2.45, 2.75) is 12.5 Å². The lowest BCUT2D eigenvalue weighted by molar-refractivity contribution is -0.137. The van der Waals surface area contributed by atoms with Gasteiger partial charge in [-0.15, -0.1) is 0 Å². The summed E-state index contributed by atoms with van der Waals surface area (Å²) >= 11 is 0. The van der Waals surface area contributed by atoms with Gasteiger partial charge in [-0.05, 0) is 30.3 Å². The summed E-state index contributed by atoms with van der Waals surface area (Å²) < 4.78 is 25.0. The van der Waals surface area contributed by atoms with Crippen LogP contribution in [0.3, 0.4) is 0 Å². The van der Waals surface area contributed by atoms with E-state index in [1.807, 2.05) is 0 Å². The van der Waals surface area contributed by atoms with Crippen molar-refractivity contribution in [3.8, 4) is 22.8 Å². The van der Waals surface area contributed by atoms with Crippen molar-refractivity contribution in [2.75, 3.05) is 14.2 Å². The van der Waals surface area contributed by atoms with Crippen LogP contribution in [0.5, 0.6) is 11.5 Å². The van der Waals surface area contributed by atoms with Crippen LogP contribution in [0.2, 0.25) is 0 Å². The number of ether oxygens (including phenoxy) is 2. The number of methoxy groups -OCH3 is 2. The third-order valence-electron chi connectivity index (χ3n) is 4.64. The van der Waals surface area contributed by atoms with Crippen LogP contribution in [-0.4, -0.2) is 36.2 Å². The van der Waals surface area contributed by atoms with E-state index in [2.05, 4.69) is 10.3 Å². The highest BCUT2D eigenvalue weighted by molar-refractivity contribution is 5.94. The molecular formula is C23H21FN2O5. The normalized spacial score (nSPS) is 11.5. The van der Waals surface area contributed by atoms with Gasteiger partial charge in [0.25, 0.3) is 5.91 Å². The van der Waals surface area contributed by atoms with Crippen LogP contribution >= 0.6 is 0 Å². The van der Waals surface area contributed by atoms with E-state index in [-0.39, 0.29) is 11.3 Å². The Kier molecular flexibility index (Phi) is 6.81. The molecule has 3 aromatic rings. The summed E-state index contributed by atoms with van der Waals surface area (Å²) in [4.78, 5) is 28.6. The summed E-state index contributed by atoms with van der Waals surface area (Å²) in [6.07, 6.45) is -0.484. The molecule has 2 N–H and O–H groups in total. The van der Waals surface area contributed by atoms with Crippen molar-refractivity contribution in [1.29, 1.82) is 0 Å². The van der Waals surface area contributed by atoms with E-state index < -0.39 is 30.2 Å². The van der Waals surface area contributed by atoms with Crippen LogP contribution in [0.1, 0.15) is 28.5 Å². The van der Waals surface area contributed by atoms with Crippen LogP contribution in [-0.2, 0) is 4.79 Å². The van der Waals surface area contributed by atoms with Crippen LogP contribution in [0.15, 0.2) is 60.7 Å². The fourth-order valence-corrected chi connectivity index (χ4v) is 3.17. The number of halogens is 1. The van der Waals surface area contributed by atoms with Crippen molar-refractivity contribution in [3.63, 3.8) is 0 Å². The molecule has 160 valence electrons. The molecule has 8 heteroatoms. The molecule has 0 bridgehead atoms. The standard InChI is InChI=1S/C23H21FN2O5/c1-30-19-10-6-4-8-15(19)22-20(31-2)12-11-17(25-22)23(29)26-18(13-21(27)28)14-7-3-5-9-16(14)24/h3-12,18H,13H2,1-2H3,(H,26,29)(H,27,28)/t18-/m0/s1. The van der Waals surface area contributed by atoms with Gasteiger partial charge in [-0.3, -0.25) is 9.59 Å². The average molecular weight is 424 g/mol. The molecule has 0 spiro atoms. The summed E-state index contributed by atoms with van der Waals surface area (Å²) in [5.74, 6) is -1.45. The van der Waals surface area contributed by atoms with E-state index in [4.69, 9.17) is 9.47 Å². The van der Waals surface area contributed by atoms with Gasteiger partial charge in [0.05, 0.1) is 26.7 Å². The second-order valence-corrected chi connectivity index (χ2v) is 6.59. The average Bonchev–Trinajstić information content (AvgIpc) is 2.78. The van der Waals surface area contributed by atoms with Gasteiger partial charge in [0, 0.05) is 11.1 Å². The molecule has 0 fully saturated rings. The van der Waals surface area contributed by atoms with Gasteiger partial charge in [-0.2, -0.15) is 0 Å². The number of benzene rings is 2. The number of aromatic nitrogens is 1. The molecule has 1 atom stereocenters. The van der Waals surface area contributed by atoms with E-state index in [0.29, 0.717) is 22.8 Å². The summed E-state index contributed by atoms with van der Waals surface area (Å²) in [5.41, 5.74) is 1.10. The topological polar surface area (TPSA) is 97.8 Å². The van der Waals surface area contributed by atoms with Crippen molar-refractivity contribution < 1.29 is 28.6 Å². The molecule has 1 heterocycles. The van der Waals surface area contributed by atoms with E-state index in [0.717, 1.165) is 0 Å². The number of nitrogens with zero attached hydrogens (tertiary/aromatic N) is 1. The second kappa shape index (κ2) is 9.71. The Morgan fingerprint density at radius 3 is 2.35 bits per heavy atom. The van der Waals surface area contributed by atoms with Crippen molar-refractivity contribution in [1.82, 2.24) is 10.3 Å². The summed E-state index contributed by atoms with van der Waals surface area (Å²) in [6.45, 7) is 0. The molecule has 0 aliphatic heterocycles. The Hall–Kier alpha value is -3.94. The van der Waals surface area contributed by atoms with Crippen LogP contribution in [0.4, 0.5) is 4.39 Å². The quantitative estimate of drug-likeness (QED) is 0.570. The molecular weight excluding hydrogens is 403 g/mol. The minimum absolute atomic E-state index is 0.0217.